The predicted octanol–water partition coefficient (Wildman–Crippen LogP) is 5.44. The molecule has 0 radical (unpaired) electrons. The van der Waals surface area contributed by atoms with Crippen LogP contribution in [0.4, 0.5) is 0 Å². The number of piperazine rings is 1. The van der Waals surface area contributed by atoms with Gasteiger partial charge in [0.1, 0.15) is 6.10 Å². The van der Waals surface area contributed by atoms with Crippen molar-refractivity contribution < 1.29 is 9.53 Å². The van der Waals surface area contributed by atoms with E-state index in [0.717, 1.165) is 37.2 Å². The van der Waals surface area contributed by atoms with Gasteiger partial charge in [0.05, 0.1) is 0 Å². The van der Waals surface area contributed by atoms with E-state index in [4.69, 9.17) is 51.1 Å². The van der Waals surface area contributed by atoms with E-state index in [-0.39, 0.29) is 12.0 Å². The van der Waals surface area contributed by atoms with Crippen molar-refractivity contribution in [1.29, 1.82) is 0 Å². The average Bonchev–Trinajstić information content (AvgIpc) is 2.75. The summed E-state index contributed by atoms with van der Waals surface area (Å²) in [7, 11) is 0. The van der Waals surface area contributed by atoms with Gasteiger partial charge in [0.25, 0.3) is 5.91 Å². The molecule has 0 aliphatic carbocycles. The Balaban J connectivity index is 1.51. The zero-order valence-corrected chi connectivity index (χ0v) is 19.5. The summed E-state index contributed by atoms with van der Waals surface area (Å²) in [4.78, 5) is 14.9. The van der Waals surface area contributed by atoms with Crippen LogP contribution in [0.1, 0.15) is 23.7 Å². The molecule has 1 aliphatic heterocycles. The SMILES string of the molecule is O=C(C(Cl)Cl)N1CCN(CCCOC(c2ccc(Cl)cc2)c2ccc(Cl)cc2)CC1. The van der Waals surface area contributed by atoms with Crippen LogP contribution in [0.5, 0.6) is 0 Å². The monoisotopic (exact) mass is 488 g/mol. The van der Waals surface area contributed by atoms with Crippen molar-refractivity contribution in [1.82, 2.24) is 9.80 Å². The maximum Gasteiger partial charge on any atom is 0.255 e. The van der Waals surface area contributed by atoms with E-state index in [1.807, 2.05) is 48.5 Å². The lowest BCUT2D eigenvalue weighted by Gasteiger charge is -2.35. The summed E-state index contributed by atoms with van der Waals surface area (Å²) < 4.78 is 6.26. The summed E-state index contributed by atoms with van der Waals surface area (Å²) in [6.45, 7) is 4.43. The minimum absolute atomic E-state index is 0.182. The summed E-state index contributed by atoms with van der Waals surface area (Å²) >= 11 is 23.4. The van der Waals surface area contributed by atoms with Crippen LogP contribution in [0.3, 0.4) is 0 Å². The van der Waals surface area contributed by atoms with Crippen LogP contribution in [0.15, 0.2) is 48.5 Å². The minimum Gasteiger partial charge on any atom is -0.369 e. The number of nitrogens with zero attached hydrogens (tertiary/aromatic N) is 2. The Bertz CT molecular complexity index is 761. The zero-order valence-electron chi connectivity index (χ0n) is 16.4. The molecule has 0 saturated carbocycles. The zero-order chi connectivity index (χ0) is 21.5. The first-order valence-electron chi connectivity index (χ1n) is 9.86. The molecule has 0 unspecified atom stereocenters. The van der Waals surface area contributed by atoms with Crippen LogP contribution in [0.25, 0.3) is 0 Å². The lowest BCUT2D eigenvalue weighted by atomic mass is 10.0. The highest BCUT2D eigenvalue weighted by molar-refractivity contribution is 6.53. The fourth-order valence-corrected chi connectivity index (χ4v) is 4.01. The normalized spacial score (nSPS) is 15.2. The summed E-state index contributed by atoms with van der Waals surface area (Å²) in [5.41, 5.74) is 2.09. The van der Waals surface area contributed by atoms with Crippen molar-refractivity contribution in [2.24, 2.45) is 0 Å². The summed E-state index contributed by atoms with van der Waals surface area (Å²) in [5.74, 6) is -0.213. The number of rotatable bonds is 8. The number of halogens is 4. The molecular formula is C22H24Cl4N2O2. The lowest BCUT2D eigenvalue weighted by Crippen LogP contribution is -2.50. The average molecular weight is 490 g/mol. The number of benzene rings is 2. The maximum absolute atomic E-state index is 11.9. The second-order valence-electron chi connectivity index (χ2n) is 7.18. The fourth-order valence-electron chi connectivity index (χ4n) is 3.48. The molecular weight excluding hydrogens is 466 g/mol. The first-order valence-corrected chi connectivity index (χ1v) is 11.5. The Morgan fingerprint density at radius 1 is 0.867 bits per heavy atom. The van der Waals surface area contributed by atoms with Crippen molar-refractivity contribution in [2.45, 2.75) is 17.4 Å². The second kappa shape index (κ2) is 11.6. The molecule has 1 amide bonds. The van der Waals surface area contributed by atoms with E-state index in [0.29, 0.717) is 29.7 Å². The number of carbonyl (C=O) groups is 1. The van der Waals surface area contributed by atoms with Crippen molar-refractivity contribution in [3.63, 3.8) is 0 Å². The maximum atomic E-state index is 11.9. The van der Waals surface area contributed by atoms with Crippen molar-refractivity contribution in [3.05, 3.63) is 69.7 Å². The van der Waals surface area contributed by atoms with Gasteiger partial charge in [0.15, 0.2) is 4.84 Å². The topological polar surface area (TPSA) is 32.8 Å². The molecule has 2 aromatic rings. The van der Waals surface area contributed by atoms with Gasteiger partial charge in [-0.2, -0.15) is 0 Å². The smallest absolute Gasteiger partial charge is 0.255 e. The Hall–Kier alpha value is -1.01. The van der Waals surface area contributed by atoms with Crippen molar-refractivity contribution >= 4 is 52.3 Å². The molecule has 3 rings (SSSR count). The van der Waals surface area contributed by atoms with Crippen molar-refractivity contribution in [3.8, 4) is 0 Å². The van der Waals surface area contributed by atoms with E-state index in [1.54, 1.807) is 4.90 Å². The Morgan fingerprint density at radius 3 is 1.83 bits per heavy atom. The first kappa shape index (κ1) is 23.6. The molecule has 0 N–H and O–H groups in total. The van der Waals surface area contributed by atoms with Gasteiger partial charge >= 0.3 is 0 Å². The molecule has 0 spiro atoms. The third kappa shape index (κ3) is 6.74. The molecule has 4 nitrogen and oxygen atoms in total. The molecule has 1 aliphatic rings. The molecule has 162 valence electrons. The number of amides is 1. The third-order valence-corrected chi connectivity index (χ3v) is 6.00. The molecule has 1 heterocycles. The second-order valence-corrected chi connectivity index (χ2v) is 9.14. The van der Waals surface area contributed by atoms with E-state index in [1.165, 1.54) is 0 Å². The molecule has 1 saturated heterocycles. The van der Waals surface area contributed by atoms with Gasteiger partial charge in [-0.05, 0) is 41.8 Å². The Morgan fingerprint density at radius 2 is 1.37 bits per heavy atom. The van der Waals surface area contributed by atoms with E-state index in [2.05, 4.69) is 4.90 Å². The molecule has 30 heavy (non-hydrogen) atoms. The largest absolute Gasteiger partial charge is 0.369 e. The van der Waals surface area contributed by atoms with Crippen LogP contribution in [-0.4, -0.2) is 59.9 Å². The van der Waals surface area contributed by atoms with Crippen LogP contribution < -0.4 is 0 Å². The van der Waals surface area contributed by atoms with E-state index in [9.17, 15) is 4.79 Å². The van der Waals surface area contributed by atoms with Crippen molar-refractivity contribution in [2.75, 3.05) is 39.3 Å². The quantitative estimate of drug-likeness (QED) is 0.365. The van der Waals surface area contributed by atoms with Crippen LogP contribution in [0.2, 0.25) is 10.0 Å². The standard InChI is InChI=1S/C22H24Cl4N2O2/c23-18-6-2-16(3-7-18)20(17-4-8-19(24)9-5-17)30-15-1-10-27-11-13-28(14-12-27)22(29)21(25)26/h2-9,20-21H,1,10-15H2. The van der Waals surface area contributed by atoms with Gasteiger partial charge in [0, 0.05) is 49.4 Å². The Kier molecular flexibility index (Phi) is 9.12. The highest BCUT2D eigenvalue weighted by Gasteiger charge is 2.24. The predicted molar refractivity (Wildman–Crippen MR) is 124 cm³/mol. The Labute approximate surface area is 197 Å². The molecule has 2 aromatic carbocycles. The van der Waals surface area contributed by atoms with E-state index < -0.39 is 4.84 Å². The van der Waals surface area contributed by atoms with Gasteiger partial charge in [-0.1, -0.05) is 70.7 Å². The number of carbonyl (C=O) groups excluding carboxylic acids is 1. The fraction of sp³-hybridized carbons (Fsp3) is 0.409. The van der Waals surface area contributed by atoms with E-state index >= 15 is 0 Å². The van der Waals surface area contributed by atoms with Gasteiger partial charge in [0.2, 0.25) is 0 Å². The minimum atomic E-state index is -0.984. The van der Waals surface area contributed by atoms with Gasteiger partial charge < -0.3 is 9.64 Å². The number of ether oxygens (including phenoxy) is 1. The molecule has 1 fully saturated rings. The first-order chi connectivity index (χ1) is 14.4. The summed E-state index contributed by atoms with van der Waals surface area (Å²) in [5, 5.41) is 1.39. The van der Waals surface area contributed by atoms with Crippen LogP contribution in [-0.2, 0) is 9.53 Å². The molecule has 0 atom stereocenters. The summed E-state index contributed by atoms with van der Waals surface area (Å²) in [6, 6.07) is 15.4. The number of hydrogen-bond donors (Lipinski definition) is 0. The number of hydrogen-bond acceptors (Lipinski definition) is 3. The van der Waals surface area contributed by atoms with Gasteiger partial charge in [-0.3, -0.25) is 9.69 Å². The third-order valence-electron chi connectivity index (χ3n) is 5.12. The number of alkyl halides is 2. The van der Waals surface area contributed by atoms with Gasteiger partial charge in [-0.15, -0.1) is 0 Å². The summed E-state index contributed by atoms with van der Waals surface area (Å²) in [6.07, 6.45) is 0.706. The molecule has 0 bridgehead atoms. The van der Waals surface area contributed by atoms with Crippen LogP contribution >= 0.6 is 46.4 Å². The lowest BCUT2D eigenvalue weighted by molar-refractivity contribution is -0.131. The highest BCUT2D eigenvalue weighted by Crippen LogP contribution is 2.28. The van der Waals surface area contributed by atoms with Crippen LogP contribution in [0, 0.1) is 0 Å². The molecule has 0 aromatic heterocycles. The van der Waals surface area contributed by atoms with Gasteiger partial charge in [-0.25, -0.2) is 0 Å². The highest BCUT2D eigenvalue weighted by atomic mass is 35.5. The molecule has 8 heteroatoms.